The van der Waals surface area contributed by atoms with Crippen LogP contribution < -0.4 is 10.6 Å². The normalized spacial score (nSPS) is 13.4. The topological polar surface area (TPSA) is 105 Å². The van der Waals surface area contributed by atoms with Crippen LogP contribution in [-0.4, -0.2) is 48.7 Å². The Labute approximate surface area is 184 Å². The fraction of sp³-hybridized carbons (Fsp3) is 0.458. The summed E-state index contributed by atoms with van der Waals surface area (Å²) >= 11 is 0. The zero-order valence-electron chi connectivity index (χ0n) is 18.2. The third-order valence-corrected chi connectivity index (χ3v) is 4.69. The van der Waals surface area contributed by atoms with Crippen LogP contribution in [0.5, 0.6) is 0 Å². The van der Waals surface area contributed by atoms with Crippen molar-refractivity contribution in [3.63, 3.8) is 0 Å². The summed E-state index contributed by atoms with van der Waals surface area (Å²) in [6.45, 7) is 9.03. The minimum atomic E-state index is -0.578. The number of nitrogens with one attached hydrogen (secondary N) is 2. The molecule has 2 amide bonds. The summed E-state index contributed by atoms with van der Waals surface area (Å²) in [6.07, 6.45) is 4.66. The van der Waals surface area contributed by atoms with Crippen LogP contribution in [0.3, 0.4) is 0 Å². The molecule has 7 heteroatoms. The molecule has 7 nitrogen and oxygen atoms in total. The number of hydrogen-bond acceptors (Lipinski definition) is 5. The Morgan fingerprint density at radius 1 is 1.10 bits per heavy atom. The van der Waals surface area contributed by atoms with Crippen LogP contribution in [0.25, 0.3) is 0 Å². The lowest BCUT2D eigenvalue weighted by molar-refractivity contribution is -0.148. The van der Waals surface area contributed by atoms with Gasteiger partial charge in [-0.2, -0.15) is 0 Å². The van der Waals surface area contributed by atoms with Gasteiger partial charge in [-0.15, -0.1) is 13.2 Å². The Kier molecular flexibility index (Phi) is 12.6. The molecule has 3 atom stereocenters. The van der Waals surface area contributed by atoms with E-state index in [1.165, 1.54) is 0 Å². The van der Waals surface area contributed by atoms with Crippen molar-refractivity contribution < 1.29 is 24.2 Å². The van der Waals surface area contributed by atoms with Crippen LogP contribution in [0, 0.1) is 11.8 Å². The maximum Gasteiger partial charge on any atom is 0.309 e. The lowest BCUT2D eigenvalue weighted by atomic mass is 9.96. The summed E-state index contributed by atoms with van der Waals surface area (Å²) in [6, 6.07) is 9.31. The molecule has 3 N–H and O–H groups in total. The monoisotopic (exact) mass is 430 g/mol. The summed E-state index contributed by atoms with van der Waals surface area (Å²) in [5, 5.41) is 14.3. The van der Waals surface area contributed by atoms with Crippen molar-refractivity contribution in [2.45, 2.75) is 38.6 Å². The highest BCUT2D eigenvalue weighted by molar-refractivity contribution is 5.86. The van der Waals surface area contributed by atoms with E-state index >= 15 is 0 Å². The van der Waals surface area contributed by atoms with Crippen LogP contribution in [0.2, 0.25) is 0 Å². The van der Waals surface area contributed by atoms with Gasteiger partial charge < -0.3 is 20.5 Å². The Morgan fingerprint density at radius 3 is 2.35 bits per heavy atom. The maximum absolute atomic E-state index is 12.4. The molecule has 0 saturated carbocycles. The number of aliphatic hydroxyl groups is 1. The van der Waals surface area contributed by atoms with E-state index in [0.717, 1.165) is 5.56 Å². The zero-order valence-corrected chi connectivity index (χ0v) is 18.2. The number of carbonyl (C=O) groups excluding carboxylic acids is 3. The molecule has 0 saturated heterocycles. The largest absolute Gasteiger partial charge is 0.464 e. The first-order chi connectivity index (χ1) is 14.9. The van der Waals surface area contributed by atoms with Gasteiger partial charge in [0.1, 0.15) is 6.61 Å². The highest BCUT2D eigenvalue weighted by atomic mass is 16.5. The Balaban J connectivity index is 2.47. The van der Waals surface area contributed by atoms with Gasteiger partial charge in [0, 0.05) is 12.5 Å². The minimum Gasteiger partial charge on any atom is -0.464 e. The smallest absolute Gasteiger partial charge is 0.309 e. The van der Waals surface area contributed by atoms with Gasteiger partial charge in [0.05, 0.1) is 25.0 Å². The van der Waals surface area contributed by atoms with Gasteiger partial charge in [-0.25, -0.2) is 0 Å². The van der Waals surface area contributed by atoms with E-state index in [0.29, 0.717) is 19.3 Å². The van der Waals surface area contributed by atoms with Crippen LogP contribution in [0.1, 0.15) is 31.7 Å². The number of allylic oxidation sites excluding steroid dienone is 2. The predicted octanol–water partition coefficient (Wildman–Crippen LogP) is 2.16. The van der Waals surface area contributed by atoms with Gasteiger partial charge >= 0.3 is 5.97 Å². The maximum atomic E-state index is 12.4. The molecular weight excluding hydrogens is 396 g/mol. The molecule has 0 unspecified atom stereocenters. The average molecular weight is 431 g/mol. The summed E-state index contributed by atoms with van der Waals surface area (Å²) in [5.41, 5.74) is 1.04. The Morgan fingerprint density at radius 2 is 1.74 bits per heavy atom. The fourth-order valence-electron chi connectivity index (χ4n) is 3.04. The molecule has 0 aromatic heterocycles. The molecular formula is C24H34N2O5. The van der Waals surface area contributed by atoms with E-state index in [4.69, 9.17) is 9.84 Å². The van der Waals surface area contributed by atoms with Crippen molar-refractivity contribution in [1.29, 1.82) is 0 Å². The van der Waals surface area contributed by atoms with Crippen molar-refractivity contribution in [2.24, 2.45) is 11.8 Å². The molecule has 0 aliphatic carbocycles. The number of esters is 1. The molecule has 0 fully saturated rings. The van der Waals surface area contributed by atoms with Crippen molar-refractivity contribution in [2.75, 3.05) is 19.8 Å². The van der Waals surface area contributed by atoms with Gasteiger partial charge in [0.25, 0.3) is 0 Å². The second-order valence-corrected chi connectivity index (χ2v) is 7.45. The average Bonchev–Trinajstić information content (AvgIpc) is 2.76. The van der Waals surface area contributed by atoms with Crippen molar-refractivity contribution >= 4 is 17.8 Å². The van der Waals surface area contributed by atoms with Crippen LogP contribution in [0.4, 0.5) is 0 Å². The molecule has 170 valence electrons. The van der Waals surface area contributed by atoms with Gasteiger partial charge in [0.2, 0.25) is 11.8 Å². The fourth-order valence-corrected chi connectivity index (χ4v) is 3.04. The van der Waals surface area contributed by atoms with Gasteiger partial charge in [-0.3, -0.25) is 14.4 Å². The second-order valence-electron chi connectivity index (χ2n) is 7.45. The SMILES string of the molecule is C=CC[C@H](CC(=O)N[C@@H](C)CO)C(=O)NCCOC(=O)[C@H](CC=C)Cc1ccccc1. The summed E-state index contributed by atoms with van der Waals surface area (Å²) in [7, 11) is 0. The zero-order chi connectivity index (χ0) is 23.1. The summed E-state index contributed by atoms with van der Waals surface area (Å²) in [4.78, 5) is 36.8. The Bertz CT molecular complexity index is 720. The number of aliphatic hydroxyl groups excluding tert-OH is 1. The molecule has 1 aromatic carbocycles. The number of ether oxygens (including phenoxy) is 1. The lowest BCUT2D eigenvalue weighted by Gasteiger charge is -2.18. The summed E-state index contributed by atoms with van der Waals surface area (Å²) < 4.78 is 5.34. The highest BCUT2D eigenvalue weighted by Gasteiger charge is 2.22. The number of amides is 2. The van der Waals surface area contributed by atoms with E-state index in [9.17, 15) is 14.4 Å². The lowest BCUT2D eigenvalue weighted by Crippen LogP contribution is -2.39. The molecule has 0 aliphatic rings. The van der Waals surface area contributed by atoms with Crippen molar-refractivity contribution in [3.8, 4) is 0 Å². The van der Waals surface area contributed by atoms with Gasteiger partial charge in [-0.05, 0) is 31.7 Å². The molecule has 0 aliphatic heterocycles. The first-order valence-corrected chi connectivity index (χ1v) is 10.5. The molecule has 0 spiro atoms. The number of rotatable bonds is 15. The predicted molar refractivity (Wildman–Crippen MR) is 120 cm³/mol. The highest BCUT2D eigenvalue weighted by Crippen LogP contribution is 2.15. The number of hydrogen-bond donors (Lipinski definition) is 3. The van der Waals surface area contributed by atoms with E-state index in [1.807, 2.05) is 30.3 Å². The second kappa shape index (κ2) is 15.0. The number of benzene rings is 1. The summed E-state index contributed by atoms with van der Waals surface area (Å²) in [5.74, 6) is -1.87. The molecule has 0 radical (unpaired) electrons. The van der Waals surface area contributed by atoms with Crippen molar-refractivity contribution in [3.05, 3.63) is 61.2 Å². The first-order valence-electron chi connectivity index (χ1n) is 10.5. The molecule has 1 aromatic rings. The van der Waals surface area contributed by atoms with Gasteiger partial charge in [0.15, 0.2) is 0 Å². The molecule has 0 heterocycles. The molecule has 1 rings (SSSR count). The minimum absolute atomic E-state index is 0.0134. The van der Waals surface area contributed by atoms with Gasteiger partial charge in [-0.1, -0.05) is 42.5 Å². The van der Waals surface area contributed by atoms with Crippen LogP contribution in [-0.2, 0) is 25.5 Å². The van der Waals surface area contributed by atoms with E-state index in [2.05, 4.69) is 23.8 Å². The van der Waals surface area contributed by atoms with Crippen molar-refractivity contribution in [1.82, 2.24) is 10.6 Å². The molecule has 31 heavy (non-hydrogen) atoms. The van der Waals surface area contributed by atoms with E-state index < -0.39 is 5.92 Å². The van der Waals surface area contributed by atoms with E-state index in [-0.39, 0.29) is 55.9 Å². The number of carbonyl (C=O) groups is 3. The van der Waals surface area contributed by atoms with Crippen LogP contribution >= 0.6 is 0 Å². The van der Waals surface area contributed by atoms with E-state index in [1.54, 1.807) is 19.1 Å². The third-order valence-electron chi connectivity index (χ3n) is 4.69. The first kappa shape index (κ1) is 26.1. The van der Waals surface area contributed by atoms with Crippen LogP contribution in [0.15, 0.2) is 55.6 Å². The third kappa shape index (κ3) is 10.6. The molecule has 0 bridgehead atoms. The Hall–Kier alpha value is -2.93. The quantitative estimate of drug-likeness (QED) is 0.225. The standard InChI is InChI=1S/C24H34N2O5/c1-4-9-20(16-22(28)26-18(3)17-27)23(29)25-13-14-31-24(30)21(10-5-2)15-19-11-7-6-8-12-19/h4-8,11-12,18,20-21,27H,1-2,9-10,13-17H2,3H3,(H,25,29)(H,26,28)/t18-,20+,21+/m0/s1.